The zero-order valence-corrected chi connectivity index (χ0v) is 7.40. The quantitative estimate of drug-likeness (QED) is 0.552. The summed E-state index contributed by atoms with van der Waals surface area (Å²) in [5, 5.41) is 6.19. The Balaban J connectivity index is 2.14. The second-order valence-corrected chi connectivity index (χ2v) is 3.02. The smallest absolute Gasteiger partial charge is 0.182 e. The molecule has 3 heteroatoms. The lowest BCUT2D eigenvalue weighted by Crippen LogP contribution is -1.98. The number of nitrogens with one attached hydrogen (secondary N) is 1. The number of aromatic nitrogens is 1. The molecule has 0 saturated carbocycles. The SMILES string of the molecule is C/C=C/CCNc1nccs1. The van der Waals surface area contributed by atoms with E-state index in [0.717, 1.165) is 18.1 Å². The highest BCUT2D eigenvalue weighted by Crippen LogP contribution is 2.09. The summed E-state index contributed by atoms with van der Waals surface area (Å²) in [7, 11) is 0. The lowest BCUT2D eigenvalue weighted by atomic mass is 10.4. The molecule has 1 rings (SSSR count). The van der Waals surface area contributed by atoms with Gasteiger partial charge in [0.1, 0.15) is 0 Å². The Bertz CT molecular complexity index is 204. The van der Waals surface area contributed by atoms with Crippen molar-refractivity contribution in [1.82, 2.24) is 4.98 Å². The van der Waals surface area contributed by atoms with Gasteiger partial charge in [-0.05, 0) is 13.3 Å². The molecule has 1 aromatic heterocycles. The van der Waals surface area contributed by atoms with Crippen molar-refractivity contribution in [2.75, 3.05) is 11.9 Å². The summed E-state index contributed by atoms with van der Waals surface area (Å²) < 4.78 is 0. The Morgan fingerprint density at radius 3 is 3.27 bits per heavy atom. The van der Waals surface area contributed by atoms with Crippen LogP contribution in [-0.4, -0.2) is 11.5 Å². The van der Waals surface area contributed by atoms with Gasteiger partial charge in [-0.2, -0.15) is 0 Å². The molecule has 0 bridgehead atoms. The summed E-state index contributed by atoms with van der Waals surface area (Å²) in [4.78, 5) is 4.10. The van der Waals surface area contributed by atoms with Crippen molar-refractivity contribution in [3.8, 4) is 0 Å². The number of allylic oxidation sites excluding steroid dienone is 1. The summed E-state index contributed by atoms with van der Waals surface area (Å²) in [6, 6.07) is 0. The Morgan fingerprint density at radius 2 is 2.64 bits per heavy atom. The van der Waals surface area contributed by atoms with Crippen molar-refractivity contribution in [2.45, 2.75) is 13.3 Å². The summed E-state index contributed by atoms with van der Waals surface area (Å²) >= 11 is 1.63. The van der Waals surface area contributed by atoms with E-state index < -0.39 is 0 Å². The van der Waals surface area contributed by atoms with Crippen LogP contribution in [0.2, 0.25) is 0 Å². The second-order valence-electron chi connectivity index (χ2n) is 2.12. The van der Waals surface area contributed by atoms with Crippen LogP contribution < -0.4 is 5.32 Å². The van der Waals surface area contributed by atoms with Crippen molar-refractivity contribution in [3.63, 3.8) is 0 Å². The monoisotopic (exact) mass is 168 g/mol. The van der Waals surface area contributed by atoms with Gasteiger partial charge < -0.3 is 5.32 Å². The zero-order valence-electron chi connectivity index (χ0n) is 6.58. The van der Waals surface area contributed by atoms with Gasteiger partial charge in [0.15, 0.2) is 5.13 Å². The van der Waals surface area contributed by atoms with Gasteiger partial charge >= 0.3 is 0 Å². The van der Waals surface area contributed by atoms with E-state index in [9.17, 15) is 0 Å². The fourth-order valence-corrected chi connectivity index (χ4v) is 1.30. The number of rotatable bonds is 4. The fraction of sp³-hybridized carbons (Fsp3) is 0.375. The van der Waals surface area contributed by atoms with Crippen LogP contribution in [-0.2, 0) is 0 Å². The largest absolute Gasteiger partial charge is 0.361 e. The van der Waals surface area contributed by atoms with Crippen LogP contribution in [0.25, 0.3) is 0 Å². The Morgan fingerprint density at radius 1 is 1.73 bits per heavy atom. The van der Waals surface area contributed by atoms with Crippen LogP contribution >= 0.6 is 11.3 Å². The van der Waals surface area contributed by atoms with E-state index in [-0.39, 0.29) is 0 Å². The molecule has 0 saturated heterocycles. The first-order valence-electron chi connectivity index (χ1n) is 3.68. The third kappa shape index (κ3) is 3.18. The molecule has 1 heterocycles. The van der Waals surface area contributed by atoms with Crippen molar-refractivity contribution >= 4 is 16.5 Å². The molecule has 2 nitrogen and oxygen atoms in total. The minimum Gasteiger partial charge on any atom is -0.361 e. The Labute approximate surface area is 71.0 Å². The highest BCUT2D eigenvalue weighted by Gasteiger charge is 1.89. The molecular formula is C8H12N2S. The molecular weight excluding hydrogens is 156 g/mol. The topological polar surface area (TPSA) is 24.9 Å². The molecule has 0 fully saturated rings. The van der Waals surface area contributed by atoms with Crippen LogP contribution in [0.5, 0.6) is 0 Å². The third-order valence-electron chi connectivity index (χ3n) is 1.26. The predicted molar refractivity (Wildman–Crippen MR) is 50.0 cm³/mol. The van der Waals surface area contributed by atoms with Gasteiger partial charge in [-0.1, -0.05) is 12.2 Å². The van der Waals surface area contributed by atoms with Gasteiger partial charge in [-0.3, -0.25) is 0 Å². The van der Waals surface area contributed by atoms with Crippen LogP contribution in [0.3, 0.4) is 0 Å². The van der Waals surface area contributed by atoms with Crippen molar-refractivity contribution < 1.29 is 0 Å². The van der Waals surface area contributed by atoms with Gasteiger partial charge in [0.2, 0.25) is 0 Å². The number of anilines is 1. The van der Waals surface area contributed by atoms with Gasteiger partial charge in [0.25, 0.3) is 0 Å². The Hall–Kier alpha value is -0.830. The number of hydrogen-bond donors (Lipinski definition) is 1. The highest BCUT2D eigenvalue weighted by atomic mass is 32.1. The second kappa shape index (κ2) is 4.91. The summed E-state index contributed by atoms with van der Waals surface area (Å²) in [5.74, 6) is 0. The van der Waals surface area contributed by atoms with Crippen LogP contribution in [0.1, 0.15) is 13.3 Å². The molecule has 0 aliphatic heterocycles. The van der Waals surface area contributed by atoms with E-state index in [1.807, 2.05) is 18.5 Å². The van der Waals surface area contributed by atoms with E-state index in [1.165, 1.54) is 0 Å². The first-order valence-corrected chi connectivity index (χ1v) is 4.56. The Kier molecular flexibility index (Phi) is 3.69. The molecule has 1 aromatic rings. The van der Waals surface area contributed by atoms with Crippen molar-refractivity contribution in [1.29, 1.82) is 0 Å². The minimum atomic E-state index is 0.970. The highest BCUT2D eigenvalue weighted by molar-refractivity contribution is 7.13. The van der Waals surface area contributed by atoms with E-state index in [2.05, 4.69) is 22.5 Å². The number of hydrogen-bond acceptors (Lipinski definition) is 3. The van der Waals surface area contributed by atoms with E-state index >= 15 is 0 Å². The molecule has 60 valence electrons. The lowest BCUT2D eigenvalue weighted by Gasteiger charge is -1.96. The first-order chi connectivity index (χ1) is 5.43. The lowest BCUT2D eigenvalue weighted by molar-refractivity contribution is 1.06. The summed E-state index contributed by atoms with van der Waals surface area (Å²) in [6.45, 7) is 3.00. The normalized spacial score (nSPS) is 10.6. The molecule has 0 amide bonds. The average Bonchev–Trinajstić information content (AvgIpc) is 2.50. The third-order valence-corrected chi connectivity index (χ3v) is 1.99. The van der Waals surface area contributed by atoms with Crippen molar-refractivity contribution in [3.05, 3.63) is 23.7 Å². The van der Waals surface area contributed by atoms with E-state index in [0.29, 0.717) is 0 Å². The van der Waals surface area contributed by atoms with Crippen LogP contribution in [0, 0.1) is 0 Å². The van der Waals surface area contributed by atoms with Gasteiger partial charge in [-0.15, -0.1) is 11.3 Å². The summed E-state index contributed by atoms with van der Waals surface area (Å²) in [6.07, 6.45) is 7.07. The number of nitrogens with zero attached hydrogens (tertiary/aromatic N) is 1. The fourth-order valence-electron chi connectivity index (χ4n) is 0.740. The minimum absolute atomic E-state index is 0.970. The molecule has 0 atom stereocenters. The summed E-state index contributed by atoms with van der Waals surface area (Å²) in [5.41, 5.74) is 0. The molecule has 11 heavy (non-hydrogen) atoms. The maximum absolute atomic E-state index is 4.10. The molecule has 0 aromatic carbocycles. The zero-order chi connectivity index (χ0) is 7.94. The van der Waals surface area contributed by atoms with Gasteiger partial charge in [-0.25, -0.2) is 4.98 Å². The predicted octanol–water partition coefficient (Wildman–Crippen LogP) is 2.52. The standard InChI is InChI=1S/C8H12N2S/c1-2-3-4-5-9-8-10-6-7-11-8/h2-3,6-7H,4-5H2,1H3,(H,9,10)/b3-2+. The van der Waals surface area contributed by atoms with Gasteiger partial charge in [0, 0.05) is 18.1 Å². The maximum Gasteiger partial charge on any atom is 0.182 e. The molecule has 0 aliphatic carbocycles. The van der Waals surface area contributed by atoms with Crippen LogP contribution in [0.4, 0.5) is 5.13 Å². The van der Waals surface area contributed by atoms with Gasteiger partial charge in [0.05, 0.1) is 0 Å². The molecule has 0 radical (unpaired) electrons. The molecule has 0 aliphatic rings. The first kappa shape index (κ1) is 8.27. The molecule has 0 spiro atoms. The average molecular weight is 168 g/mol. The molecule has 0 unspecified atom stereocenters. The van der Waals surface area contributed by atoms with Crippen molar-refractivity contribution in [2.24, 2.45) is 0 Å². The van der Waals surface area contributed by atoms with E-state index in [4.69, 9.17) is 0 Å². The van der Waals surface area contributed by atoms with E-state index in [1.54, 1.807) is 11.3 Å². The molecule has 1 N–H and O–H groups in total. The maximum atomic E-state index is 4.10. The number of thiazole rings is 1. The van der Waals surface area contributed by atoms with Crippen LogP contribution in [0.15, 0.2) is 23.7 Å².